The lowest BCUT2D eigenvalue weighted by molar-refractivity contribution is 0.195. The van der Waals surface area contributed by atoms with Gasteiger partial charge in [-0.2, -0.15) is 0 Å². The van der Waals surface area contributed by atoms with Crippen molar-refractivity contribution in [2.45, 2.75) is 65.7 Å². The first-order chi connectivity index (χ1) is 8.58. The molecule has 0 saturated heterocycles. The van der Waals surface area contributed by atoms with Crippen LogP contribution in [0.1, 0.15) is 65.7 Å². The maximum atomic E-state index is 12.1. The van der Waals surface area contributed by atoms with Gasteiger partial charge in [0.05, 0.1) is 6.61 Å². The van der Waals surface area contributed by atoms with Gasteiger partial charge in [0.2, 0.25) is 0 Å². The van der Waals surface area contributed by atoms with E-state index < -0.39 is 7.75 Å². The van der Waals surface area contributed by atoms with Crippen molar-refractivity contribution in [2.24, 2.45) is 0 Å². The lowest BCUT2D eigenvalue weighted by atomic mass is 10.3. The molecule has 0 aliphatic heterocycles. The second-order valence-corrected chi connectivity index (χ2v) is 6.50. The van der Waals surface area contributed by atoms with Gasteiger partial charge in [-0.3, -0.25) is 4.52 Å². The highest BCUT2D eigenvalue weighted by Crippen LogP contribution is 2.46. The molecule has 0 aromatic heterocycles. The first-order valence-corrected chi connectivity index (χ1v) is 8.84. The lowest BCUT2D eigenvalue weighted by Gasteiger charge is -2.26. The van der Waals surface area contributed by atoms with Crippen LogP contribution in [0.3, 0.4) is 0 Å². The van der Waals surface area contributed by atoms with E-state index in [1.165, 1.54) is 0 Å². The van der Waals surface area contributed by atoms with Crippen LogP contribution in [0.15, 0.2) is 0 Å². The van der Waals surface area contributed by atoms with E-state index in [0.717, 1.165) is 44.9 Å². The van der Waals surface area contributed by atoms with Crippen molar-refractivity contribution in [3.63, 3.8) is 0 Å². The summed E-state index contributed by atoms with van der Waals surface area (Å²) in [6, 6.07) is 0. The molecular formula is C13H30NO3P. The van der Waals surface area contributed by atoms with Gasteiger partial charge in [0.15, 0.2) is 0 Å². The summed E-state index contributed by atoms with van der Waals surface area (Å²) < 4.78 is 19.0. The zero-order chi connectivity index (χ0) is 13.9. The molecule has 0 saturated carbocycles. The lowest BCUT2D eigenvalue weighted by Crippen LogP contribution is -2.24. The molecule has 0 heterocycles. The highest BCUT2D eigenvalue weighted by Gasteiger charge is 2.28. The molecule has 1 atom stereocenters. The molecule has 4 nitrogen and oxygen atoms in total. The standard InChI is InChI=1S/C13H30NO3P/c1-4-7-10-13-17-18(15,16)14(11-8-5-2)12-9-6-3/h4-13H2,1-3H3,(H,15,16). The number of hydrogen-bond donors (Lipinski definition) is 1. The second-order valence-electron chi connectivity index (χ2n) is 4.69. The average Bonchev–Trinajstić information content (AvgIpc) is 2.34. The molecule has 0 aromatic rings. The quantitative estimate of drug-likeness (QED) is 0.430. The van der Waals surface area contributed by atoms with Gasteiger partial charge in [-0.1, -0.05) is 46.5 Å². The molecule has 0 aromatic carbocycles. The molecule has 1 N–H and O–H groups in total. The van der Waals surface area contributed by atoms with Crippen molar-refractivity contribution in [3.05, 3.63) is 0 Å². The fraction of sp³-hybridized carbons (Fsp3) is 1.00. The van der Waals surface area contributed by atoms with Crippen LogP contribution in [-0.4, -0.2) is 29.3 Å². The molecule has 5 heteroatoms. The molecule has 1 unspecified atom stereocenters. The Morgan fingerprint density at radius 2 is 1.44 bits per heavy atom. The largest absolute Gasteiger partial charge is 0.405 e. The molecule has 0 fully saturated rings. The van der Waals surface area contributed by atoms with Crippen LogP contribution < -0.4 is 0 Å². The number of hydrogen-bond acceptors (Lipinski definition) is 2. The van der Waals surface area contributed by atoms with Gasteiger partial charge < -0.3 is 4.89 Å². The molecule has 0 aliphatic carbocycles. The highest BCUT2D eigenvalue weighted by atomic mass is 31.2. The third-order valence-corrected chi connectivity index (χ3v) is 4.54. The SMILES string of the molecule is CCCCCOP(=O)(O)N(CCCC)CCCC. The molecule has 0 amide bonds. The minimum atomic E-state index is -3.57. The molecule has 110 valence electrons. The summed E-state index contributed by atoms with van der Waals surface area (Å²) >= 11 is 0. The average molecular weight is 279 g/mol. The summed E-state index contributed by atoms with van der Waals surface area (Å²) in [6.07, 6.45) is 6.92. The van der Waals surface area contributed by atoms with Gasteiger partial charge in [-0.15, -0.1) is 0 Å². The van der Waals surface area contributed by atoms with Crippen molar-refractivity contribution in [1.29, 1.82) is 0 Å². The minimum absolute atomic E-state index is 0.385. The molecule has 18 heavy (non-hydrogen) atoms. The van der Waals surface area contributed by atoms with Crippen LogP contribution in [0.5, 0.6) is 0 Å². The Labute approximate surface area is 112 Å². The second kappa shape index (κ2) is 11.0. The Morgan fingerprint density at radius 1 is 0.944 bits per heavy atom. The van der Waals surface area contributed by atoms with Crippen LogP contribution >= 0.6 is 7.75 Å². The van der Waals surface area contributed by atoms with E-state index in [0.29, 0.717) is 19.7 Å². The first-order valence-electron chi connectivity index (χ1n) is 7.31. The van der Waals surface area contributed by atoms with Gasteiger partial charge in [-0.25, -0.2) is 9.24 Å². The van der Waals surface area contributed by atoms with Crippen molar-refractivity contribution < 1.29 is 14.0 Å². The summed E-state index contributed by atoms with van der Waals surface area (Å²) in [4.78, 5) is 9.99. The smallest absolute Gasteiger partial charge is 0.312 e. The minimum Gasteiger partial charge on any atom is -0.312 e. The van der Waals surface area contributed by atoms with Crippen molar-refractivity contribution in [2.75, 3.05) is 19.7 Å². The van der Waals surface area contributed by atoms with Gasteiger partial charge in [0, 0.05) is 13.1 Å². The van der Waals surface area contributed by atoms with E-state index in [1.807, 2.05) is 0 Å². The fourth-order valence-corrected chi connectivity index (χ4v) is 2.98. The van der Waals surface area contributed by atoms with Crippen LogP contribution in [0.2, 0.25) is 0 Å². The first kappa shape index (κ1) is 18.1. The summed E-state index contributed by atoms with van der Waals surface area (Å²) in [7, 11) is -3.57. The molecule has 0 rings (SSSR count). The van der Waals surface area contributed by atoms with E-state index in [1.54, 1.807) is 4.67 Å². The van der Waals surface area contributed by atoms with Crippen molar-refractivity contribution >= 4 is 7.75 Å². The zero-order valence-corrected chi connectivity index (χ0v) is 13.1. The Balaban J connectivity index is 4.19. The normalized spacial score (nSPS) is 14.9. The van der Waals surface area contributed by atoms with Gasteiger partial charge in [0.25, 0.3) is 0 Å². The zero-order valence-electron chi connectivity index (χ0n) is 12.2. The van der Waals surface area contributed by atoms with E-state index >= 15 is 0 Å². The van der Waals surface area contributed by atoms with Crippen molar-refractivity contribution in [3.8, 4) is 0 Å². The summed E-state index contributed by atoms with van der Waals surface area (Å²) in [5, 5.41) is 0. The van der Waals surface area contributed by atoms with Crippen molar-refractivity contribution in [1.82, 2.24) is 4.67 Å². The molecule has 0 aliphatic rings. The monoisotopic (exact) mass is 279 g/mol. The Bertz CT molecular complexity index is 228. The predicted octanol–water partition coefficient (Wildman–Crippen LogP) is 4.20. The maximum absolute atomic E-state index is 12.1. The summed E-state index contributed by atoms with van der Waals surface area (Å²) in [6.45, 7) is 7.96. The molecule has 0 spiro atoms. The number of nitrogens with zero attached hydrogens (tertiary/aromatic N) is 1. The van der Waals surface area contributed by atoms with E-state index in [9.17, 15) is 9.46 Å². The Morgan fingerprint density at radius 3 is 1.89 bits per heavy atom. The predicted molar refractivity (Wildman–Crippen MR) is 76.7 cm³/mol. The van der Waals surface area contributed by atoms with Crippen LogP contribution in [0, 0.1) is 0 Å². The molecular weight excluding hydrogens is 249 g/mol. The Kier molecular flexibility index (Phi) is 11.0. The van der Waals surface area contributed by atoms with Crippen LogP contribution in [0.25, 0.3) is 0 Å². The van der Waals surface area contributed by atoms with E-state index in [2.05, 4.69) is 20.8 Å². The van der Waals surface area contributed by atoms with Gasteiger partial charge >= 0.3 is 7.75 Å². The Hall–Kier alpha value is 0.110. The third-order valence-electron chi connectivity index (χ3n) is 2.90. The summed E-state index contributed by atoms with van der Waals surface area (Å²) in [5.41, 5.74) is 0. The molecule has 0 radical (unpaired) electrons. The van der Waals surface area contributed by atoms with Crippen LogP contribution in [0.4, 0.5) is 0 Å². The van der Waals surface area contributed by atoms with E-state index in [-0.39, 0.29) is 0 Å². The third kappa shape index (κ3) is 8.25. The van der Waals surface area contributed by atoms with Gasteiger partial charge in [0.1, 0.15) is 0 Å². The van der Waals surface area contributed by atoms with E-state index in [4.69, 9.17) is 4.52 Å². The maximum Gasteiger partial charge on any atom is 0.405 e. The summed E-state index contributed by atoms with van der Waals surface area (Å²) in [5.74, 6) is 0. The fourth-order valence-electron chi connectivity index (χ4n) is 1.66. The number of rotatable bonds is 12. The highest BCUT2D eigenvalue weighted by molar-refractivity contribution is 7.50. The topological polar surface area (TPSA) is 49.8 Å². The van der Waals surface area contributed by atoms with Gasteiger partial charge in [-0.05, 0) is 19.3 Å². The number of unbranched alkanes of at least 4 members (excludes halogenated alkanes) is 4. The molecule has 0 bridgehead atoms. The van der Waals surface area contributed by atoms with Crippen LogP contribution in [-0.2, 0) is 9.09 Å².